The summed E-state index contributed by atoms with van der Waals surface area (Å²) in [7, 11) is 0. The first-order valence-corrected chi connectivity index (χ1v) is 5.15. The van der Waals surface area contributed by atoms with E-state index in [1.807, 2.05) is 0 Å². The lowest BCUT2D eigenvalue weighted by Crippen LogP contribution is -2.61. The van der Waals surface area contributed by atoms with Gasteiger partial charge in [-0.25, -0.2) is 5.43 Å². The molecule has 4 N–H and O–H groups in total. The Bertz CT molecular complexity index is 135. The fraction of sp³-hybridized carbons (Fsp3) is 1.00. The van der Waals surface area contributed by atoms with Gasteiger partial charge in [-0.15, -0.1) is 0 Å². The van der Waals surface area contributed by atoms with Gasteiger partial charge in [0.05, 0.1) is 6.61 Å². The fourth-order valence-corrected chi connectivity index (χ4v) is 1.65. The van der Waals surface area contributed by atoms with Gasteiger partial charge in [0.2, 0.25) is 0 Å². The van der Waals surface area contributed by atoms with E-state index in [0.717, 1.165) is 26.1 Å². The number of hydrogen-bond donors (Lipinski definition) is 3. The monoisotopic (exact) mass is 187 g/mol. The van der Waals surface area contributed by atoms with Crippen molar-refractivity contribution in [3.8, 4) is 0 Å². The van der Waals surface area contributed by atoms with Gasteiger partial charge in [-0.2, -0.15) is 0 Å². The maximum atomic E-state index is 5.66. The zero-order valence-electron chi connectivity index (χ0n) is 8.44. The van der Waals surface area contributed by atoms with Gasteiger partial charge in [0.25, 0.3) is 0 Å². The summed E-state index contributed by atoms with van der Waals surface area (Å²) in [6.45, 7) is 4.68. The standard InChI is InChI=1S/C9H21N3O/c1-2-3-4-5-9(12-10)8-11-6-7-13-9/h11-12H,2-8,10H2,1H3. The average Bonchev–Trinajstić information content (AvgIpc) is 2.20. The van der Waals surface area contributed by atoms with Crippen LogP contribution in [0, 0.1) is 0 Å². The van der Waals surface area contributed by atoms with Gasteiger partial charge >= 0.3 is 0 Å². The van der Waals surface area contributed by atoms with Crippen LogP contribution in [0.25, 0.3) is 0 Å². The minimum atomic E-state index is -0.312. The predicted molar refractivity (Wildman–Crippen MR) is 53.0 cm³/mol. The molecule has 1 rings (SSSR count). The molecule has 1 atom stereocenters. The number of nitrogens with one attached hydrogen (secondary N) is 2. The first kappa shape index (κ1) is 10.9. The van der Waals surface area contributed by atoms with Gasteiger partial charge in [0.15, 0.2) is 0 Å². The van der Waals surface area contributed by atoms with E-state index in [2.05, 4.69) is 17.7 Å². The summed E-state index contributed by atoms with van der Waals surface area (Å²) in [6, 6.07) is 0. The normalized spacial score (nSPS) is 29.1. The summed E-state index contributed by atoms with van der Waals surface area (Å²) in [6.07, 6.45) is 4.63. The zero-order valence-corrected chi connectivity index (χ0v) is 8.44. The maximum Gasteiger partial charge on any atom is 0.143 e. The Hall–Kier alpha value is -0.160. The molecule has 1 aliphatic heterocycles. The Kier molecular flexibility index (Phi) is 4.66. The van der Waals surface area contributed by atoms with Gasteiger partial charge in [-0.3, -0.25) is 5.84 Å². The van der Waals surface area contributed by atoms with Crippen molar-refractivity contribution in [2.24, 2.45) is 5.84 Å². The van der Waals surface area contributed by atoms with Crippen LogP contribution in [0.3, 0.4) is 0 Å². The number of morpholine rings is 1. The molecule has 0 aromatic heterocycles. The van der Waals surface area contributed by atoms with Crippen LogP contribution in [-0.4, -0.2) is 25.4 Å². The van der Waals surface area contributed by atoms with Crippen molar-refractivity contribution < 1.29 is 4.74 Å². The lowest BCUT2D eigenvalue weighted by atomic mass is 10.0. The summed E-state index contributed by atoms with van der Waals surface area (Å²) < 4.78 is 5.66. The minimum absolute atomic E-state index is 0.312. The second-order valence-corrected chi connectivity index (χ2v) is 3.62. The Morgan fingerprint density at radius 2 is 2.38 bits per heavy atom. The fourth-order valence-electron chi connectivity index (χ4n) is 1.65. The highest BCUT2D eigenvalue weighted by molar-refractivity contribution is 4.81. The van der Waals surface area contributed by atoms with Crippen LogP contribution >= 0.6 is 0 Å². The molecule has 0 radical (unpaired) electrons. The van der Waals surface area contributed by atoms with Crippen LogP contribution in [0.1, 0.15) is 32.6 Å². The first-order valence-electron chi connectivity index (χ1n) is 5.15. The minimum Gasteiger partial charge on any atom is -0.357 e. The molecule has 0 aliphatic carbocycles. The molecular weight excluding hydrogens is 166 g/mol. The van der Waals surface area contributed by atoms with Crippen molar-refractivity contribution >= 4 is 0 Å². The lowest BCUT2D eigenvalue weighted by Gasteiger charge is -2.37. The number of hydrazine groups is 1. The van der Waals surface area contributed by atoms with Crippen molar-refractivity contribution in [1.82, 2.24) is 10.7 Å². The smallest absolute Gasteiger partial charge is 0.143 e. The molecule has 0 amide bonds. The molecule has 1 unspecified atom stereocenters. The highest BCUT2D eigenvalue weighted by Gasteiger charge is 2.30. The SMILES string of the molecule is CCCCCC1(NN)CNCCO1. The lowest BCUT2D eigenvalue weighted by molar-refractivity contribution is -0.0960. The number of ether oxygens (including phenoxy) is 1. The topological polar surface area (TPSA) is 59.3 Å². The van der Waals surface area contributed by atoms with Crippen LogP contribution in [0.2, 0.25) is 0 Å². The molecule has 0 saturated carbocycles. The third kappa shape index (κ3) is 3.23. The van der Waals surface area contributed by atoms with E-state index in [-0.39, 0.29) is 5.72 Å². The summed E-state index contributed by atoms with van der Waals surface area (Å²) in [4.78, 5) is 0. The van der Waals surface area contributed by atoms with Crippen molar-refractivity contribution in [1.29, 1.82) is 0 Å². The molecule has 0 aromatic carbocycles. The van der Waals surface area contributed by atoms with Gasteiger partial charge < -0.3 is 10.1 Å². The third-order valence-corrected chi connectivity index (χ3v) is 2.51. The Labute approximate surface area is 80.2 Å². The molecule has 0 aromatic rings. The number of rotatable bonds is 5. The van der Waals surface area contributed by atoms with Crippen molar-refractivity contribution in [2.75, 3.05) is 19.7 Å². The summed E-state index contributed by atoms with van der Waals surface area (Å²) in [5, 5.41) is 3.29. The quantitative estimate of drug-likeness (QED) is 0.330. The number of hydrogen-bond acceptors (Lipinski definition) is 4. The van der Waals surface area contributed by atoms with E-state index in [0.29, 0.717) is 0 Å². The molecule has 0 spiro atoms. The van der Waals surface area contributed by atoms with E-state index in [4.69, 9.17) is 10.6 Å². The molecule has 1 fully saturated rings. The van der Waals surface area contributed by atoms with Crippen LogP contribution in [0.15, 0.2) is 0 Å². The van der Waals surface area contributed by atoms with Gasteiger partial charge in [0, 0.05) is 13.1 Å². The van der Waals surface area contributed by atoms with Crippen LogP contribution < -0.4 is 16.6 Å². The molecule has 1 heterocycles. The van der Waals surface area contributed by atoms with E-state index >= 15 is 0 Å². The zero-order chi connectivity index (χ0) is 9.57. The molecule has 1 aliphatic rings. The highest BCUT2D eigenvalue weighted by atomic mass is 16.5. The van der Waals surface area contributed by atoms with E-state index in [1.54, 1.807) is 0 Å². The molecule has 0 bridgehead atoms. The molecular formula is C9H21N3O. The number of unbranched alkanes of at least 4 members (excludes halogenated alkanes) is 2. The second kappa shape index (κ2) is 5.54. The number of nitrogens with two attached hydrogens (primary N) is 1. The molecule has 13 heavy (non-hydrogen) atoms. The van der Waals surface area contributed by atoms with Gasteiger partial charge in [0.1, 0.15) is 5.72 Å². The van der Waals surface area contributed by atoms with E-state index in [1.165, 1.54) is 19.3 Å². The van der Waals surface area contributed by atoms with Gasteiger partial charge in [-0.05, 0) is 12.8 Å². The first-order chi connectivity index (χ1) is 6.33. The van der Waals surface area contributed by atoms with Crippen LogP contribution in [0.4, 0.5) is 0 Å². The Balaban J connectivity index is 2.29. The second-order valence-electron chi connectivity index (χ2n) is 3.62. The summed E-state index contributed by atoms with van der Waals surface area (Å²) in [5.41, 5.74) is 2.48. The average molecular weight is 187 g/mol. The van der Waals surface area contributed by atoms with Crippen molar-refractivity contribution in [3.63, 3.8) is 0 Å². The highest BCUT2D eigenvalue weighted by Crippen LogP contribution is 2.17. The maximum absolute atomic E-state index is 5.66. The summed E-state index contributed by atoms with van der Waals surface area (Å²) in [5.74, 6) is 5.51. The molecule has 78 valence electrons. The third-order valence-electron chi connectivity index (χ3n) is 2.51. The Morgan fingerprint density at radius 3 is 2.92 bits per heavy atom. The predicted octanol–water partition coefficient (Wildman–Crippen LogP) is 0.346. The summed E-state index contributed by atoms with van der Waals surface area (Å²) >= 11 is 0. The molecule has 4 heteroatoms. The van der Waals surface area contributed by atoms with Crippen LogP contribution in [0.5, 0.6) is 0 Å². The van der Waals surface area contributed by atoms with Crippen LogP contribution in [-0.2, 0) is 4.74 Å². The molecule has 1 saturated heterocycles. The van der Waals surface area contributed by atoms with E-state index < -0.39 is 0 Å². The van der Waals surface area contributed by atoms with E-state index in [9.17, 15) is 0 Å². The molecule has 4 nitrogen and oxygen atoms in total. The van der Waals surface area contributed by atoms with Crippen molar-refractivity contribution in [3.05, 3.63) is 0 Å². The van der Waals surface area contributed by atoms with Crippen molar-refractivity contribution in [2.45, 2.75) is 38.3 Å². The Morgan fingerprint density at radius 1 is 1.54 bits per heavy atom. The van der Waals surface area contributed by atoms with Gasteiger partial charge in [-0.1, -0.05) is 19.8 Å². The largest absolute Gasteiger partial charge is 0.357 e.